The molecule has 2 rings (SSSR count). The van der Waals surface area contributed by atoms with Gasteiger partial charge in [-0.1, -0.05) is 18.2 Å². The summed E-state index contributed by atoms with van der Waals surface area (Å²) in [5.74, 6) is -2.25. The van der Waals surface area contributed by atoms with Crippen molar-refractivity contribution in [3.8, 4) is 0 Å². The molecular formula is C15H15NO5. The molecule has 1 amide bonds. The number of para-hydroxylation sites is 1. The molecule has 0 fully saturated rings. The minimum absolute atomic E-state index is 0.0116. The second-order valence-electron chi connectivity index (χ2n) is 4.19. The van der Waals surface area contributed by atoms with Gasteiger partial charge in [0.2, 0.25) is 0 Å². The van der Waals surface area contributed by atoms with Gasteiger partial charge in [0.25, 0.3) is 5.91 Å². The van der Waals surface area contributed by atoms with Gasteiger partial charge < -0.3 is 14.8 Å². The lowest BCUT2D eigenvalue weighted by molar-refractivity contribution is -0.146. The van der Waals surface area contributed by atoms with Crippen LogP contribution in [0.2, 0.25) is 0 Å². The van der Waals surface area contributed by atoms with E-state index in [1.165, 1.54) is 0 Å². The number of anilines is 1. The topological polar surface area (TPSA) is 81.7 Å². The zero-order chi connectivity index (χ0) is 15.4. The van der Waals surface area contributed by atoms with Crippen LogP contribution in [-0.4, -0.2) is 31.1 Å². The molecule has 1 aromatic carbocycles. The third-order valence-corrected chi connectivity index (χ3v) is 2.88. The summed E-state index contributed by atoms with van der Waals surface area (Å²) in [6, 6.07) is 6.80. The fourth-order valence-corrected chi connectivity index (χ4v) is 2.06. The SMILES string of the molecule is CCOC(=O)C(C(=O)OCC)=C1C(=O)Nc2ccccc21. The second kappa shape index (κ2) is 6.21. The first kappa shape index (κ1) is 14.8. The van der Waals surface area contributed by atoms with Gasteiger partial charge in [0.05, 0.1) is 18.8 Å². The quantitative estimate of drug-likeness (QED) is 0.393. The van der Waals surface area contributed by atoms with Gasteiger partial charge in [-0.2, -0.15) is 0 Å². The average molecular weight is 289 g/mol. The van der Waals surface area contributed by atoms with Gasteiger partial charge >= 0.3 is 11.9 Å². The van der Waals surface area contributed by atoms with Crippen LogP contribution in [0.1, 0.15) is 19.4 Å². The number of carbonyl (C=O) groups is 3. The minimum atomic E-state index is -0.863. The lowest BCUT2D eigenvalue weighted by Gasteiger charge is -2.09. The predicted molar refractivity (Wildman–Crippen MR) is 75.3 cm³/mol. The number of hydrogen-bond acceptors (Lipinski definition) is 5. The Morgan fingerprint density at radius 1 is 1.05 bits per heavy atom. The Morgan fingerprint density at radius 2 is 1.62 bits per heavy atom. The summed E-state index contributed by atoms with van der Waals surface area (Å²) < 4.78 is 9.74. The molecule has 0 saturated heterocycles. The van der Waals surface area contributed by atoms with E-state index < -0.39 is 17.8 Å². The molecule has 1 heterocycles. The van der Waals surface area contributed by atoms with Crippen LogP contribution >= 0.6 is 0 Å². The third-order valence-electron chi connectivity index (χ3n) is 2.88. The van der Waals surface area contributed by atoms with Crippen LogP contribution in [0, 0.1) is 0 Å². The highest BCUT2D eigenvalue weighted by Crippen LogP contribution is 2.34. The second-order valence-corrected chi connectivity index (χ2v) is 4.19. The van der Waals surface area contributed by atoms with E-state index in [4.69, 9.17) is 9.47 Å². The highest BCUT2D eigenvalue weighted by molar-refractivity contribution is 6.40. The first-order chi connectivity index (χ1) is 10.1. The molecule has 0 unspecified atom stereocenters. The molecule has 6 heteroatoms. The highest BCUT2D eigenvalue weighted by atomic mass is 16.6. The monoisotopic (exact) mass is 289 g/mol. The molecule has 110 valence electrons. The maximum atomic E-state index is 12.1. The van der Waals surface area contributed by atoms with E-state index in [0.717, 1.165) is 0 Å². The highest BCUT2D eigenvalue weighted by Gasteiger charge is 2.35. The number of nitrogens with one attached hydrogen (secondary N) is 1. The molecule has 1 aliphatic rings. The van der Waals surface area contributed by atoms with Crippen LogP contribution in [0.5, 0.6) is 0 Å². The van der Waals surface area contributed by atoms with Crippen LogP contribution in [-0.2, 0) is 23.9 Å². The molecule has 21 heavy (non-hydrogen) atoms. The van der Waals surface area contributed by atoms with Gasteiger partial charge in [-0.15, -0.1) is 0 Å². The molecule has 0 aliphatic carbocycles. The Balaban J connectivity index is 2.60. The summed E-state index contributed by atoms with van der Waals surface area (Å²) in [5.41, 5.74) is 0.644. The molecule has 1 aromatic rings. The summed E-state index contributed by atoms with van der Waals surface area (Å²) >= 11 is 0. The molecule has 1 N–H and O–H groups in total. The number of rotatable bonds is 4. The van der Waals surface area contributed by atoms with E-state index in [2.05, 4.69) is 5.32 Å². The maximum absolute atomic E-state index is 12.1. The van der Waals surface area contributed by atoms with Gasteiger partial charge in [0, 0.05) is 11.3 Å². The molecule has 0 spiro atoms. The lowest BCUT2D eigenvalue weighted by Crippen LogP contribution is -2.22. The van der Waals surface area contributed by atoms with Gasteiger partial charge in [-0.25, -0.2) is 9.59 Å². The Hall–Kier alpha value is -2.63. The van der Waals surface area contributed by atoms with Gasteiger partial charge in [0.15, 0.2) is 5.57 Å². The molecule has 0 saturated carbocycles. The number of amides is 1. The van der Waals surface area contributed by atoms with E-state index in [9.17, 15) is 14.4 Å². The third kappa shape index (κ3) is 2.79. The summed E-state index contributed by atoms with van der Waals surface area (Å²) in [6.07, 6.45) is 0. The summed E-state index contributed by atoms with van der Waals surface area (Å²) in [6.45, 7) is 3.43. The van der Waals surface area contributed by atoms with E-state index in [1.807, 2.05) is 0 Å². The fraction of sp³-hybridized carbons (Fsp3) is 0.267. The van der Waals surface area contributed by atoms with Crippen molar-refractivity contribution < 1.29 is 23.9 Å². The Labute approximate surface area is 121 Å². The zero-order valence-electron chi connectivity index (χ0n) is 11.8. The molecule has 0 radical (unpaired) electrons. The standard InChI is InChI=1S/C15H15NO5/c1-3-20-14(18)12(15(19)21-4-2)11-9-7-5-6-8-10(9)16-13(11)17/h5-8H,3-4H2,1-2H3,(H,16,17). The average Bonchev–Trinajstić information content (AvgIpc) is 2.77. The van der Waals surface area contributed by atoms with Gasteiger partial charge in [0.1, 0.15) is 0 Å². The van der Waals surface area contributed by atoms with Crippen molar-refractivity contribution in [2.45, 2.75) is 13.8 Å². The molecular weight excluding hydrogens is 274 g/mol. The van der Waals surface area contributed by atoms with Crippen molar-refractivity contribution in [1.29, 1.82) is 0 Å². The maximum Gasteiger partial charge on any atom is 0.346 e. The number of hydrogen-bond donors (Lipinski definition) is 1. The van der Waals surface area contributed by atoms with Crippen LogP contribution in [0.15, 0.2) is 29.8 Å². The molecule has 0 aromatic heterocycles. The van der Waals surface area contributed by atoms with Crippen molar-refractivity contribution in [1.82, 2.24) is 0 Å². The van der Waals surface area contributed by atoms with Crippen molar-refractivity contribution in [3.63, 3.8) is 0 Å². The Kier molecular flexibility index (Phi) is 4.37. The largest absolute Gasteiger partial charge is 0.462 e. The van der Waals surface area contributed by atoms with Crippen molar-refractivity contribution in [3.05, 3.63) is 35.4 Å². The number of fused-ring (bicyclic) bond motifs is 1. The van der Waals surface area contributed by atoms with E-state index in [-0.39, 0.29) is 24.4 Å². The van der Waals surface area contributed by atoms with Crippen LogP contribution in [0.25, 0.3) is 5.57 Å². The van der Waals surface area contributed by atoms with Crippen molar-refractivity contribution in [2.75, 3.05) is 18.5 Å². The van der Waals surface area contributed by atoms with Crippen molar-refractivity contribution >= 4 is 29.1 Å². The first-order valence-electron chi connectivity index (χ1n) is 6.59. The first-order valence-corrected chi connectivity index (χ1v) is 6.59. The predicted octanol–water partition coefficient (Wildman–Crippen LogP) is 1.52. The van der Waals surface area contributed by atoms with E-state index in [1.54, 1.807) is 38.1 Å². The smallest absolute Gasteiger partial charge is 0.346 e. The number of esters is 2. The summed E-state index contributed by atoms with van der Waals surface area (Å²) in [4.78, 5) is 36.2. The molecule has 6 nitrogen and oxygen atoms in total. The lowest BCUT2D eigenvalue weighted by atomic mass is 10.0. The Bertz CT molecular complexity index is 613. The van der Waals surface area contributed by atoms with Gasteiger partial charge in [-0.05, 0) is 19.9 Å². The van der Waals surface area contributed by atoms with E-state index in [0.29, 0.717) is 11.3 Å². The molecule has 0 atom stereocenters. The minimum Gasteiger partial charge on any atom is -0.462 e. The fourth-order valence-electron chi connectivity index (χ4n) is 2.06. The number of carbonyl (C=O) groups excluding carboxylic acids is 3. The Morgan fingerprint density at radius 3 is 2.19 bits per heavy atom. The van der Waals surface area contributed by atoms with Crippen LogP contribution in [0.4, 0.5) is 5.69 Å². The zero-order valence-corrected chi connectivity index (χ0v) is 11.8. The molecule has 0 bridgehead atoms. The normalized spacial score (nSPS) is 12.5. The number of ether oxygens (including phenoxy) is 2. The summed E-state index contributed by atoms with van der Waals surface area (Å²) in [5, 5.41) is 2.61. The van der Waals surface area contributed by atoms with Crippen LogP contribution < -0.4 is 5.32 Å². The summed E-state index contributed by atoms with van der Waals surface area (Å²) in [7, 11) is 0. The molecule has 1 aliphatic heterocycles. The van der Waals surface area contributed by atoms with Gasteiger partial charge in [-0.3, -0.25) is 4.79 Å². The van der Waals surface area contributed by atoms with Crippen LogP contribution in [0.3, 0.4) is 0 Å². The van der Waals surface area contributed by atoms with Crippen molar-refractivity contribution in [2.24, 2.45) is 0 Å². The number of benzene rings is 1. The van der Waals surface area contributed by atoms with E-state index >= 15 is 0 Å².